The number of Topliss-reactive ketones (excluding diaryl/α,β-unsaturated/α-hetero) is 2. The van der Waals surface area contributed by atoms with Gasteiger partial charge in [0, 0.05) is 11.8 Å². The van der Waals surface area contributed by atoms with Crippen molar-refractivity contribution < 1.29 is 9.59 Å². The van der Waals surface area contributed by atoms with Crippen LogP contribution in [0.3, 0.4) is 0 Å². The molecule has 0 amide bonds. The number of ketones is 2. The van der Waals surface area contributed by atoms with Crippen molar-refractivity contribution in [3.05, 3.63) is 0 Å². The first kappa shape index (κ1) is 7.01. The Bertz CT molecular complexity index is 216. The smallest absolute Gasteiger partial charge is 0.202 e. The summed E-state index contributed by atoms with van der Waals surface area (Å²) in [6.07, 6.45) is 1.87. The van der Waals surface area contributed by atoms with Crippen LogP contribution in [0.5, 0.6) is 0 Å². The summed E-state index contributed by atoms with van der Waals surface area (Å²) in [5.74, 6) is -0.127. The molecule has 2 nitrogen and oxygen atoms in total. The molecule has 0 radical (unpaired) electrons. The van der Waals surface area contributed by atoms with E-state index in [1.165, 1.54) is 0 Å². The van der Waals surface area contributed by atoms with Gasteiger partial charge in [-0.25, -0.2) is 0 Å². The van der Waals surface area contributed by atoms with Crippen molar-refractivity contribution in [1.82, 2.24) is 0 Å². The van der Waals surface area contributed by atoms with Crippen molar-refractivity contribution in [2.45, 2.75) is 26.7 Å². The molecule has 2 fully saturated rings. The molecule has 0 aliphatic heterocycles. The van der Waals surface area contributed by atoms with Gasteiger partial charge in [-0.15, -0.1) is 0 Å². The largest absolute Gasteiger partial charge is 0.291 e. The quantitative estimate of drug-likeness (QED) is 0.488. The first-order chi connectivity index (χ1) is 5.05. The third-order valence-corrected chi connectivity index (χ3v) is 3.42. The highest BCUT2D eigenvalue weighted by molar-refractivity contribution is 6.41. The Kier molecular flexibility index (Phi) is 1.11. The first-order valence-corrected chi connectivity index (χ1v) is 4.13. The number of fused-ring (bicyclic) bond motifs is 2. The van der Waals surface area contributed by atoms with Gasteiger partial charge in [-0.05, 0) is 18.3 Å². The molecule has 2 bridgehead atoms. The molecule has 0 aromatic rings. The summed E-state index contributed by atoms with van der Waals surface area (Å²) >= 11 is 0. The number of hydrogen-bond acceptors (Lipinski definition) is 2. The Morgan fingerprint density at radius 2 is 1.45 bits per heavy atom. The average Bonchev–Trinajstić information content (AvgIpc) is 2.27. The Balaban J connectivity index is 2.46. The predicted molar refractivity (Wildman–Crippen MR) is 40.0 cm³/mol. The van der Waals surface area contributed by atoms with E-state index in [1.54, 1.807) is 0 Å². The van der Waals surface area contributed by atoms with Gasteiger partial charge in [0.25, 0.3) is 0 Å². The first-order valence-electron chi connectivity index (χ1n) is 4.13. The lowest BCUT2D eigenvalue weighted by Crippen LogP contribution is -2.20. The zero-order valence-corrected chi connectivity index (χ0v) is 6.89. The van der Waals surface area contributed by atoms with E-state index < -0.39 is 0 Å². The van der Waals surface area contributed by atoms with Gasteiger partial charge in [-0.1, -0.05) is 13.8 Å². The molecule has 0 heterocycles. The fourth-order valence-corrected chi connectivity index (χ4v) is 2.60. The van der Waals surface area contributed by atoms with Crippen LogP contribution in [0, 0.1) is 17.3 Å². The van der Waals surface area contributed by atoms with Crippen molar-refractivity contribution in [3.8, 4) is 0 Å². The second-order valence-electron chi connectivity index (χ2n) is 4.23. The Morgan fingerprint density at radius 1 is 1.09 bits per heavy atom. The molecule has 0 aromatic heterocycles. The van der Waals surface area contributed by atoms with Crippen molar-refractivity contribution in [2.24, 2.45) is 17.3 Å². The normalized spacial score (nSPS) is 40.2. The summed E-state index contributed by atoms with van der Waals surface area (Å²) in [7, 11) is 0. The van der Waals surface area contributed by atoms with Gasteiger partial charge in [0.15, 0.2) is 0 Å². The van der Waals surface area contributed by atoms with Crippen LogP contribution in [0.15, 0.2) is 0 Å². The number of carbonyl (C=O) groups is 2. The van der Waals surface area contributed by atoms with Gasteiger partial charge < -0.3 is 0 Å². The van der Waals surface area contributed by atoms with Crippen LogP contribution in [0.2, 0.25) is 0 Å². The highest BCUT2D eigenvalue weighted by atomic mass is 16.2. The van der Waals surface area contributed by atoms with E-state index in [4.69, 9.17) is 0 Å². The second kappa shape index (κ2) is 1.74. The zero-order valence-electron chi connectivity index (χ0n) is 6.89. The minimum absolute atomic E-state index is 0.0336. The van der Waals surface area contributed by atoms with E-state index in [1.807, 2.05) is 13.8 Å². The van der Waals surface area contributed by atoms with E-state index in [0.717, 1.165) is 12.8 Å². The highest BCUT2D eigenvalue weighted by Gasteiger charge is 2.58. The van der Waals surface area contributed by atoms with Crippen molar-refractivity contribution in [1.29, 1.82) is 0 Å². The molecule has 0 aromatic carbocycles. The summed E-state index contributed by atoms with van der Waals surface area (Å²) in [6, 6.07) is 0. The molecule has 2 rings (SSSR count). The maximum Gasteiger partial charge on any atom is 0.202 e. The van der Waals surface area contributed by atoms with Crippen LogP contribution >= 0.6 is 0 Å². The molecule has 0 spiro atoms. The van der Waals surface area contributed by atoms with Crippen molar-refractivity contribution in [2.75, 3.05) is 0 Å². The van der Waals surface area contributed by atoms with Crippen molar-refractivity contribution in [3.63, 3.8) is 0 Å². The fraction of sp³-hybridized carbons (Fsp3) is 0.778. The summed E-state index contributed by atoms with van der Waals surface area (Å²) < 4.78 is 0. The lowest BCUT2D eigenvalue weighted by atomic mass is 9.82. The predicted octanol–water partition coefficient (Wildman–Crippen LogP) is 1.19. The van der Waals surface area contributed by atoms with E-state index in [0.29, 0.717) is 0 Å². The lowest BCUT2D eigenvalue weighted by Gasteiger charge is -2.20. The zero-order chi connectivity index (χ0) is 8.22. The summed E-state index contributed by atoms with van der Waals surface area (Å²) in [4.78, 5) is 22.5. The molecule has 0 unspecified atom stereocenters. The van der Waals surface area contributed by atoms with Gasteiger partial charge >= 0.3 is 0 Å². The molecule has 2 aliphatic rings. The summed E-state index contributed by atoms with van der Waals surface area (Å²) in [6.45, 7) is 4.08. The monoisotopic (exact) mass is 152 g/mol. The second-order valence-corrected chi connectivity index (χ2v) is 4.23. The van der Waals surface area contributed by atoms with E-state index >= 15 is 0 Å². The van der Waals surface area contributed by atoms with E-state index in [9.17, 15) is 9.59 Å². The number of hydrogen-bond donors (Lipinski definition) is 0. The fourth-order valence-electron chi connectivity index (χ4n) is 2.60. The van der Waals surface area contributed by atoms with Crippen LogP contribution in [-0.4, -0.2) is 11.6 Å². The molecule has 2 heteroatoms. The molecule has 2 saturated carbocycles. The van der Waals surface area contributed by atoms with Gasteiger partial charge in [0.05, 0.1) is 0 Å². The molecule has 2 atom stereocenters. The molecule has 0 N–H and O–H groups in total. The summed E-state index contributed by atoms with van der Waals surface area (Å²) in [5.41, 5.74) is -0.0336. The van der Waals surface area contributed by atoms with Crippen molar-refractivity contribution >= 4 is 11.6 Å². The van der Waals surface area contributed by atoms with Gasteiger partial charge in [0.2, 0.25) is 11.6 Å². The average molecular weight is 152 g/mol. The lowest BCUT2D eigenvalue weighted by molar-refractivity contribution is -0.138. The molecule has 2 aliphatic carbocycles. The molecule has 60 valence electrons. The highest BCUT2D eigenvalue weighted by Crippen LogP contribution is 2.53. The number of rotatable bonds is 0. The SMILES string of the molecule is CC1(C)[C@@H]2CC[C@@H]1C(=O)C2=O. The van der Waals surface area contributed by atoms with Gasteiger partial charge in [0.1, 0.15) is 0 Å². The third kappa shape index (κ3) is 0.627. The third-order valence-electron chi connectivity index (χ3n) is 3.42. The van der Waals surface area contributed by atoms with Crippen LogP contribution in [0.25, 0.3) is 0 Å². The molecular weight excluding hydrogens is 140 g/mol. The number of carbonyl (C=O) groups excluding carboxylic acids is 2. The summed E-state index contributed by atoms with van der Waals surface area (Å²) in [5, 5.41) is 0. The minimum atomic E-state index is -0.105. The topological polar surface area (TPSA) is 34.1 Å². The van der Waals surface area contributed by atoms with Gasteiger partial charge in [-0.3, -0.25) is 9.59 Å². The molecule has 0 saturated heterocycles. The van der Waals surface area contributed by atoms with E-state index in [-0.39, 0.29) is 28.8 Å². The Hall–Kier alpha value is -0.660. The minimum Gasteiger partial charge on any atom is -0.291 e. The van der Waals surface area contributed by atoms with Crippen LogP contribution in [-0.2, 0) is 9.59 Å². The van der Waals surface area contributed by atoms with Crippen LogP contribution in [0.1, 0.15) is 26.7 Å². The standard InChI is InChI=1S/C9H12O2/c1-9(2)5-3-4-6(9)8(11)7(5)10/h5-6H,3-4H2,1-2H3/t5-,6-/m1/s1. The van der Waals surface area contributed by atoms with E-state index in [2.05, 4.69) is 0 Å². The molecular formula is C9H12O2. The molecule has 11 heavy (non-hydrogen) atoms. The van der Waals surface area contributed by atoms with Crippen LogP contribution < -0.4 is 0 Å². The Labute approximate surface area is 66.0 Å². The maximum absolute atomic E-state index is 11.2. The Morgan fingerprint density at radius 3 is 1.64 bits per heavy atom. The van der Waals surface area contributed by atoms with Gasteiger partial charge in [-0.2, -0.15) is 0 Å². The maximum atomic E-state index is 11.2. The van der Waals surface area contributed by atoms with Crippen LogP contribution in [0.4, 0.5) is 0 Å².